The Kier molecular flexibility index (Phi) is 16.6. The normalized spacial score (nSPS) is 21.1. The molecule has 270 valence electrons. The Balaban J connectivity index is 0.860. The summed E-state index contributed by atoms with van der Waals surface area (Å²) in [7, 11) is 0. The zero-order valence-electron chi connectivity index (χ0n) is 29.2. The quantitative estimate of drug-likeness (QED) is 0.102. The fourth-order valence-corrected chi connectivity index (χ4v) is 6.73. The first-order valence-corrected chi connectivity index (χ1v) is 18.8. The van der Waals surface area contributed by atoms with Gasteiger partial charge < -0.3 is 28.7 Å². The van der Waals surface area contributed by atoms with Crippen molar-refractivity contribution < 1.29 is 28.2 Å². The molecule has 0 unspecified atom stereocenters. The number of amides is 1. The first kappa shape index (κ1) is 37.1. The van der Waals surface area contributed by atoms with Crippen molar-refractivity contribution in [3.63, 3.8) is 0 Å². The van der Waals surface area contributed by atoms with Gasteiger partial charge in [0.2, 0.25) is 0 Å². The SMILES string of the molecule is O=C(NCCCCCCOCCCC[C@H]1CCC[C@@H](Cn2cc([C@@H]3CCC[C@H](CCCCOCc4ccccc4)O3)nn2)O1)c1cocn1. The molecule has 4 atom stereocenters. The molecule has 2 saturated heterocycles. The van der Waals surface area contributed by atoms with Crippen molar-refractivity contribution in [3.05, 3.63) is 66.1 Å². The van der Waals surface area contributed by atoms with Gasteiger partial charge >= 0.3 is 0 Å². The van der Waals surface area contributed by atoms with Gasteiger partial charge in [0.25, 0.3) is 5.91 Å². The molecule has 2 aromatic heterocycles. The predicted molar refractivity (Wildman–Crippen MR) is 186 cm³/mol. The topological polar surface area (TPSA) is 123 Å². The van der Waals surface area contributed by atoms with E-state index in [-0.39, 0.29) is 24.2 Å². The molecular weight excluding hydrogens is 622 g/mol. The van der Waals surface area contributed by atoms with Crippen LogP contribution >= 0.6 is 0 Å². The van der Waals surface area contributed by atoms with Crippen molar-refractivity contribution in [1.29, 1.82) is 0 Å². The van der Waals surface area contributed by atoms with Gasteiger partial charge in [-0.2, -0.15) is 0 Å². The number of oxazole rings is 1. The van der Waals surface area contributed by atoms with E-state index < -0.39 is 0 Å². The van der Waals surface area contributed by atoms with Crippen LogP contribution in [-0.2, 0) is 32.1 Å². The number of rotatable bonds is 23. The zero-order chi connectivity index (χ0) is 33.8. The molecule has 1 amide bonds. The van der Waals surface area contributed by atoms with Crippen molar-refractivity contribution in [1.82, 2.24) is 25.3 Å². The second kappa shape index (κ2) is 21.9. The van der Waals surface area contributed by atoms with Crippen molar-refractivity contribution in [2.75, 3.05) is 26.4 Å². The lowest BCUT2D eigenvalue weighted by atomic mass is 9.99. The molecule has 49 heavy (non-hydrogen) atoms. The highest BCUT2D eigenvalue weighted by Gasteiger charge is 2.27. The maximum absolute atomic E-state index is 11.8. The van der Waals surface area contributed by atoms with Gasteiger partial charge in [0, 0.05) is 26.4 Å². The second-order valence-corrected chi connectivity index (χ2v) is 13.5. The summed E-state index contributed by atoms with van der Waals surface area (Å²) < 4.78 is 31.5. The van der Waals surface area contributed by atoms with Crippen LogP contribution in [0.3, 0.4) is 0 Å². The summed E-state index contributed by atoms with van der Waals surface area (Å²) in [5, 5.41) is 11.8. The van der Waals surface area contributed by atoms with Gasteiger partial charge in [-0.3, -0.25) is 4.79 Å². The first-order valence-electron chi connectivity index (χ1n) is 18.8. The molecule has 0 radical (unpaired) electrons. The third-order valence-electron chi connectivity index (χ3n) is 9.47. The van der Waals surface area contributed by atoms with Crippen LogP contribution in [0.25, 0.3) is 0 Å². The summed E-state index contributed by atoms with van der Waals surface area (Å²) in [5.41, 5.74) is 2.51. The maximum Gasteiger partial charge on any atom is 0.273 e. The Hall–Kier alpha value is -3.12. The molecule has 11 nitrogen and oxygen atoms in total. The third-order valence-corrected chi connectivity index (χ3v) is 9.47. The van der Waals surface area contributed by atoms with Gasteiger partial charge in [0.05, 0.1) is 37.7 Å². The number of ether oxygens (including phenoxy) is 4. The van der Waals surface area contributed by atoms with Gasteiger partial charge in [0.15, 0.2) is 12.1 Å². The fraction of sp³-hybridized carbons (Fsp3) is 0.684. The molecule has 3 aromatic rings. The van der Waals surface area contributed by atoms with Crippen LogP contribution in [0.4, 0.5) is 0 Å². The average Bonchev–Trinajstić information content (AvgIpc) is 3.84. The minimum atomic E-state index is -0.183. The fourth-order valence-electron chi connectivity index (χ4n) is 6.73. The second-order valence-electron chi connectivity index (χ2n) is 13.5. The van der Waals surface area contributed by atoms with Crippen molar-refractivity contribution >= 4 is 5.91 Å². The lowest BCUT2D eigenvalue weighted by molar-refractivity contribution is -0.0630. The highest BCUT2D eigenvalue weighted by molar-refractivity contribution is 5.91. The molecule has 1 N–H and O–H groups in total. The van der Waals surface area contributed by atoms with E-state index in [9.17, 15) is 4.79 Å². The molecule has 0 bridgehead atoms. The number of carbonyl (C=O) groups excluding carboxylic acids is 1. The van der Waals surface area contributed by atoms with Gasteiger partial charge in [-0.1, -0.05) is 48.4 Å². The highest BCUT2D eigenvalue weighted by atomic mass is 16.5. The largest absolute Gasteiger partial charge is 0.451 e. The van der Waals surface area contributed by atoms with Crippen LogP contribution in [0.15, 0.2) is 53.6 Å². The van der Waals surface area contributed by atoms with E-state index in [2.05, 4.69) is 51.1 Å². The molecular formula is C38H57N5O6. The molecule has 11 heteroatoms. The molecule has 0 spiro atoms. The monoisotopic (exact) mass is 679 g/mol. The molecule has 0 aliphatic carbocycles. The van der Waals surface area contributed by atoms with Gasteiger partial charge in [0.1, 0.15) is 18.1 Å². The molecule has 0 saturated carbocycles. The lowest BCUT2D eigenvalue weighted by Crippen LogP contribution is -2.31. The third kappa shape index (κ3) is 14.0. The average molecular weight is 680 g/mol. The summed E-state index contributed by atoms with van der Waals surface area (Å²) >= 11 is 0. The number of unbranched alkanes of at least 4 members (excludes halogenated alkanes) is 5. The van der Waals surface area contributed by atoms with Crippen LogP contribution in [0.5, 0.6) is 0 Å². The summed E-state index contributed by atoms with van der Waals surface area (Å²) in [6.07, 6.45) is 22.9. The summed E-state index contributed by atoms with van der Waals surface area (Å²) in [4.78, 5) is 15.7. The van der Waals surface area contributed by atoms with E-state index in [1.165, 1.54) is 31.1 Å². The number of carbonyl (C=O) groups is 1. The van der Waals surface area contributed by atoms with E-state index >= 15 is 0 Å². The molecule has 2 aliphatic rings. The zero-order valence-corrected chi connectivity index (χ0v) is 29.2. The lowest BCUT2D eigenvalue weighted by Gasteiger charge is -2.30. The van der Waals surface area contributed by atoms with Gasteiger partial charge in [-0.15, -0.1) is 5.10 Å². The molecule has 2 fully saturated rings. The maximum atomic E-state index is 11.8. The Morgan fingerprint density at radius 1 is 0.816 bits per heavy atom. The molecule has 5 rings (SSSR count). The Labute approximate surface area is 291 Å². The number of benzene rings is 1. The van der Waals surface area contributed by atoms with Crippen molar-refractivity contribution in [3.8, 4) is 0 Å². The smallest absolute Gasteiger partial charge is 0.273 e. The Morgan fingerprint density at radius 2 is 1.53 bits per heavy atom. The Morgan fingerprint density at radius 3 is 2.33 bits per heavy atom. The van der Waals surface area contributed by atoms with E-state index in [0.29, 0.717) is 24.9 Å². The van der Waals surface area contributed by atoms with Crippen LogP contribution in [0.1, 0.15) is 131 Å². The van der Waals surface area contributed by atoms with E-state index in [1.807, 2.05) is 10.7 Å². The van der Waals surface area contributed by atoms with Gasteiger partial charge in [-0.05, 0) is 95.5 Å². The van der Waals surface area contributed by atoms with Crippen molar-refractivity contribution in [2.24, 2.45) is 0 Å². The van der Waals surface area contributed by atoms with Gasteiger partial charge in [-0.25, -0.2) is 9.67 Å². The minimum absolute atomic E-state index is 0.0368. The molecule has 2 aliphatic heterocycles. The Bertz CT molecular complexity index is 1290. The molecule has 4 heterocycles. The van der Waals surface area contributed by atoms with Crippen LogP contribution in [-0.4, -0.2) is 70.6 Å². The summed E-state index contributed by atoms with van der Waals surface area (Å²) in [5.74, 6) is -0.183. The van der Waals surface area contributed by atoms with E-state index in [0.717, 1.165) is 122 Å². The van der Waals surface area contributed by atoms with E-state index in [4.69, 9.17) is 23.4 Å². The van der Waals surface area contributed by atoms with Crippen LogP contribution in [0.2, 0.25) is 0 Å². The minimum Gasteiger partial charge on any atom is -0.451 e. The number of hydrogen-bond acceptors (Lipinski definition) is 9. The number of aromatic nitrogens is 4. The summed E-state index contributed by atoms with van der Waals surface area (Å²) in [6, 6.07) is 10.4. The number of hydrogen-bond donors (Lipinski definition) is 1. The standard InChI is InChI=1S/C38H57N5O6/c44-38(36-29-47-30-40-36)39-22-8-1-2-9-23-45-24-10-6-16-32-18-12-20-34(48-32)26-43-27-35(41-42-43)37-21-13-19-33(49-37)17-7-11-25-46-28-31-14-4-3-5-15-31/h3-5,14-15,27,29-30,32-34,37H,1-2,6-13,16-26,28H2,(H,39,44)/t32-,33-,34-,37-/m0/s1. The summed E-state index contributed by atoms with van der Waals surface area (Å²) in [6.45, 7) is 4.48. The van der Waals surface area contributed by atoms with Crippen LogP contribution in [0, 0.1) is 0 Å². The number of nitrogens with one attached hydrogen (secondary N) is 1. The number of nitrogens with zero attached hydrogens (tertiary/aromatic N) is 4. The van der Waals surface area contributed by atoms with E-state index in [1.54, 1.807) is 0 Å². The predicted octanol–water partition coefficient (Wildman–Crippen LogP) is 7.38. The highest BCUT2D eigenvalue weighted by Crippen LogP contribution is 2.32. The molecule has 1 aromatic carbocycles. The van der Waals surface area contributed by atoms with Crippen LogP contribution < -0.4 is 5.32 Å². The van der Waals surface area contributed by atoms with Crippen molar-refractivity contribution in [2.45, 2.75) is 140 Å². The first-order chi connectivity index (χ1) is 24.2.